The van der Waals surface area contributed by atoms with Gasteiger partial charge in [-0.25, -0.2) is 4.39 Å². The Morgan fingerprint density at radius 2 is 2.00 bits per heavy atom. The van der Waals surface area contributed by atoms with E-state index in [4.69, 9.17) is 5.21 Å². The van der Waals surface area contributed by atoms with E-state index in [2.05, 4.69) is 5.16 Å². The van der Waals surface area contributed by atoms with Crippen LogP contribution in [0.15, 0.2) is 5.16 Å². The van der Waals surface area contributed by atoms with Crippen molar-refractivity contribution in [2.24, 2.45) is 10.6 Å². The average Bonchev–Trinajstić information content (AvgIpc) is 2.07. The number of nitrogens with zero attached hydrogens (tertiary/aromatic N) is 1. The summed E-state index contributed by atoms with van der Waals surface area (Å²) in [6.45, 7) is 1.37. The fourth-order valence-corrected chi connectivity index (χ4v) is 1.93. The third kappa shape index (κ3) is 1.76. The van der Waals surface area contributed by atoms with Gasteiger partial charge < -0.3 is 5.21 Å². The van der Waals surface area contributed by atoms with Gasteiger partial charge in [-0.2, -0.15) is 0 Å². The Hall–Kier alpha value is -0.600. The largest absolute Gasteiger partial charge is 0.411 e. The summed E-state index contributed by atoms with van der Waals surface area (Å²) < 4.78 is 12.4. The molecule has 0 spiro atoms. The highest BCUT2D eigenvalue weighted by Crippen LogP contribution is 2.37. The van der Waals surface area contributed by atoms with Crippen LogP contribution in [0.3, 0.4) is 0 Å². The molecule has 0 aromatic rings. The van der Waals surface area contributed by atoms with Crippen molar-refractivity contribution in [3.05, 3.63) is 0 Å². The predicted octanol–water partition coefficient (Wildman–Crippen LogP) is 2.76. The van der Waals surface area contributed by atoms with Crippen molar-refractivity contribution in [2.45, 2.75) is 39.0 Å². The van der Waals surface area contributed by atoms with Crippen LogP contribution in [0, 0.1) is 5.41 Å². The van der Waals surface area contributed by atoms with Gasteiger partial charge >= 0.3 is 0 Å². The number of hydrogen-bond donors (Lipinski definition) is 1. The molecule has 0 radical (unpaired) electrons. The summed E-state index contributed by atoms with van der Waals surface area (Å²) in [6.07, 6.45) is 5.37. The van der Waals surface area contributed by atoms with Gasteiger partial charge in [0.2, 0.25) is 0 Å². The maximum absolute atomic E-state index is 12.4. The molecule has 0 saturated heterocycles. The van der Waals surface area contributed by atoms with Crippen LogP contribution in [0.5, 0.6) is 0 Å². The lowest BCUT2D eigenvalue weighted by Gasteiger charge is -2.32. The molecule has 1 N–H and O–H groups in total. The number of alkyl halides is 1. The molecule has 3 heteroatoms. The summed E-state index contributed by atoms with van der Waals surface area (Å²) >= 11 is 0. The van der Waals surface area contributed by atoms with Crippen LogP contribution >= 0.6 is 0 Å². The van der Waals surface area contributed by atoms with Crippen LogP contribution in [-0.4, -0.2) is 17.6 Å². The summed E-state index contributed by atoms with van der Waals surface area (Å²) in [5, 5.41) is 11.6. The Labute approximate surface area is 72.5 Å². The second-order valence-corrected chi connectivity index (χ2v) is 3.80. The summed E-state index contributed by atoms with van der Waals surface area (Å²) in [4.78, 5) is 0. The normalized spacial score (nSPS) is 24.0. The van der Waals surface area contributed by atoms with Gasteiger partial charge in [-0.3, -0.25) is 0 Å². The van der Waals surface area contributed by atoms with Crippen LogP contribution < -0.4 is 0 Å². The van der Waals surface area contributed by atoms with E-state index in [1.54, 1.807) is 0 Å². The molecular formula is C9H16FNO. The minimum atomic E-state index is -0.618. The summed E-state index contributed by atoms with van der Waals surface area (Å²) in [6, 6.07) is 0. The zero-order chi connectivity index (χ0) is 9.03. The zero-order valence-electron chi connectivity index (χ0n) is 7.52. The Bertz CT molecular complexity index is 173. The highest BCUT2D eigenvalue weighted by Gasteiger charge is 2.32. The first-order chi connectivity index (χ1) is 5.73. The topological polar surface area (TPSA) is 32.6 Å². The smallest absolute Gasteiger partial charge is 0.131 e. The monoisotopic (exact) mass is 173 g/mol. The quantitative estimate of drug-likeness (QED) is 0.388. The van der Waals surface area contributed by atoms with E-state index in [-0.39, 0.29) is 5.41 Å². The predicted molar refractivity (Wildman–Crippen MR) is 46.4 cm³/mol. The van der Waals surface area contributed by atoms with Crippen molar-refractivity contribution in [1.82, 2.24) is 0 Å². The number of rotatable bonds is 2. The molecule has 1 saturated carbocycles. The molecule has 12 heavy (non-hydrogen) atoms. The van der Waals surface area contributed by atoms with Gasteiger partial charge in [-0.15, -0.1) is 0 Å². The number of oxime groups is 1. The fourth-order valence-electron chi connectivity index (χ4n) is 1.93. The molecular weight excluding hydrogens is 157 g/mol. The minimum absolute atomic E-state index is 0.179. The maximum atomic E-state index is 12.4. The number of halogens is 1. The first kappa shape index (κ1) is 9.49. The van der Waals surface area contributed by atoms with Gasteiger partial charge in [0, 0.05) is 5.41 Å². The Balaban J connectivity index is 2.67. The van der Waals surface area contributed by atoms with Gasteiger partial charge in [0.25, 0.3) is 0 Å². The molecule has 1 rings (SSSR count). The molecule has 1 aliphatic carbocycles. The highest BCUT2D eigenvalue weighted by atomic mass is 19.1. The van der Waals surface area contributed by atoms with E-state index < -0.39 is 6.67 Å². The molecule has 0 aliphatic heterocycles. The maximum Gasteiger partial charge on any atom is 0.131 e. The fraction of sp³-hybridized carbons (Fsp3) is 0.889. The van der Waals surface area contributed by atoms with Gasteiger partial charge in [0.15, 0.2) is 0 Å². The molecule has 0 bridgehead atoms. The molecule has 1 fully saturated rings. The highest BCUT2D eigenvalue weighted by molar-refractivity contribution is 5.90. The van der Waals surface area contributed by atoms with E-state index in [9.17, 15) is 4.39 Å². The molecule has 0 aromatic carbocycles. The van der Waals surface area contributed by atoms with Crippen LogP contribution in [0.4, 0.5) is 4.39 Å². The van der Waals surface area contributed by atoms with E-state index in [0.29, 0.717) is 5.71 Å². The second-order valence-electron chi connectivity index (χ2n) is 3.80. The summed E-state index contributed by atoms with van der Waals surface area (Å²) in [5.41, 5.74) is 0.143. The van der Waals surface area contributed by atoms with Crippen LogP contribution in [0.1, 0.15) is 39.0 Å². The molecule has 0 aromatic heterocycles. The second kappa shape index (κ2) is 3.87. The first-order valence-electron chi connectivity index (χ1n) is 4.50. The lowest BCUT2D eigenvalue weighted by atomic mass is 9.72. The van der Waals surface area contributed by atoms with E-state index in [1.165, 1.54) is 6.42 Å². The van der Waals surface area contributed by atoms with Gasteiger partial charge in [-0.1, -0.05) is 31.3 Å². The molecule has 0 atom stereocenters. The van der Waals surface area contributed by atoms with Crippen molar-refractivity contribution in [1.29, 1.82) is 0 Å². The Morgan fingerprint density at radius 3 is 2.42 bits per heavy atom. The first-order valence-corrected chi connectivity index (χ1v) is 4.50. The zero-order valence-corrected chi connectivity index (χ0v) is 7.52. The summed E-state index contributed by atoms with van der Waals surface area (Å²) in [5.74, 6) is 0. The lowest BCUT2D eigenvalue weighted by Crippen LogP contribution is -2.31. The minimum Gasteiger partial charge on any atom is -0.411 e. The van der Waals surface area contributed by atoms with E-state index in [1.807, 2.05) is 6.92 Å². The van der Waals surface area contributed by atoms with Crippen LogP contribution in [-0.2, 0) is 0 Å². The Morgan fingerprint density at radius 1 is 1.42 bits per heavy atom. The molecule has 0 amide bonds. The molecule has 2 nitrogen and oxygen atoms in total. The van der Waals surface area contributed by atoms with E-state index in [0.717, 1.165) is 25.7 Å². The SMILES string of the molecule is CC1(/C(CF)=N/O)CCCCC1. The molecule has 0 heterocycles. The van der Waals surface area contributed by atoms with Crippen LogP contribution in [0.2, 0.25) is 0 Å². The van der Waals surface area contributed by atoms with Crippen LogP contribution in [0.25, 0.3) is 0 Å². The van der Waals surface area contributed by atoms with E-state index >= 15 is 0 Å². The van der Waals surface area contributed by atoms with Gasteiger partial charge in [0.1, 0.15) is 6.67 Å². The third-order valence-electron chi connectivity index (χ3n) is 2.90. The standard InChI is InChI=1S/C9H16FNO/c1-9(8(7-10)11-12)5-3-2-4-6-9/h12H,2-7H2,1H3/b11-8+. The van der Waals surface area contributed by atoms with Crippen molar-refractivity contribution in [3.8, 4) is 0 Å². The molecule has 70 valence electrons. The lowest BCUT2D eigenvalue weighted by molar-refractivity contribution is 0.267. The Kier molecular flexibility index (Phi) is 3.06. The third-order valence-corrected chi connectivity index (χ3v) is 2.90. The average molecular weight is 173 g/mol. The summed E-state index contributed by atoms with van der Waals surface area (Å²) in [7, 11) is 0. The van der Waals surface area contributed by atoms with Crippen molar-refractivity contribution >= 4 is 5.71 Å². The molecule has 1 aliphatic rings. The van der Waals surface area contributed by atoms with Crippen molar-refractivity contribution in [2.75, 3.05) is 6.67 Å². The molecule has 0 unspecified atom stereocenters. The van der Waals surface area contributed by atoms with Crippen molar-refractivity contribution < 1.29 is 9.60 Å². The van der Waals surface area contributed by atoms with Gasteiger partial charge in [0.05, 0.1) is 5.71 Å². The van der Waals surface area contributed by atoms with Crippen molar-refractivity contribution in [3.63, 3.8) is 0 Å². The van der Waals surface area contributed by atoms with Gasteiger partial charge in [-0.05, 0) is 12.8 Å². The number of hydrogen-bond acceptors (Lipinski definition) is 2.